The summed E-state index contributed by atoms with van der Waals surface area (Å²) in [7, 11) is 0. The van der Waals surface area contributed by atoms with Gasteiger partial charge in [0.05, 0.1) is 17.7 Å². The van der Waals surface area contributed by atoms with Gasteiger partial charge in [0.1, 0.15) is 10.8 Å². The number of primary amides is 1. The largest absolute Gasteiger partial charge is 0.493 e. The first-order valence-corrected chi connectivity index (χ1v) is 10.5. The van der Waals surface area contributed by atoms with E-state index in [0.29, 0.717) is 34.4 Å². The number of thiophene rings is 1. The van der Waals surface area contributed by atoms with Crippen molar-refractivity contribution in [1.29, 1.82) is 0 Å². The SMILES string of the molecule is CCOc1ccccc1C(=O)Nc1sc2c(c1C(N)=O)CCC(C(C)(C)C)C2. The number of amides is 2. The van der Waals surface area contributed by atoms with Crippen molar-refractivity contribution in [2.45, 2.75) is 47.0 Å². The zero-order chi connectivity index (χ0) is 20.5. The molecule has 0 saturated heterocycles. The molecular weight excluding hydrogens is 372 g/mol. The van der Waals surface area contributed by atoms with Crippen molar-refractivity contribution in [3.8, 4) is 5.75 Å². The zero-order valence-corrected chi connectivity index (χ0v) is 17.7. The van der Waals surface area contributed by atoms with E-state index in [2.05, 4.69) is 26.1 Å². The lowest BCUT2D eigenvalue weighted by Gasteiger charge is -2.33. The molecule has 0 fully saturated rings. The van der Waals surface area contributed by atoms with Crippen molar-refractivity contribution >= 4 is 28.2 Å². The number of ether oxygens (including phenoxy) is 1. The fraction of sp³-hybridized carbons (Fsp3) is 0.455. The molecule has 5 nitrogen and oxygen atoms in total. The average molecular weight is 401 g/mol. The number of benzene rings is 1. The molecule has 0 bridgehead atoms. The highest BCUT2D eigenvalue weighted by Gasteiger charge is 2.33. The van der Waals surface area contributed by atoms with Gasteiger partial charge in [0.25, 0.3) is 11.8 Å². The smallest absolute Gasteiger partial charge is 0.260 e. The number of anilines is 1. The van der Waals surface area contributed by atoms with Gasteiger partial charge in [-0.05, 0) is 55.2 Å². The summed E-state index contributed by atoms with van der Waals surface area (Å²) in [6, 6.07) is 7.10. The van der Waals surface area contributed by atoms with Crippen molar-refractivity contribution in [3.63, 3.8) is 0 Å². The minimum Gasteiger partial charge on any atom is -0.493 e. The standard InChI is InChI=1S/C22H28N2O3S/c1-5-27-16-9-7-6-8-14(16)20(26)24-21-18(19(23)25)15-11-10-13(22(2,3)4)12-17(15)28-21/h6-9,13H,5,10-12H2,1-4H3,(H2,23,25)(H,24,26). The number of hydrogen-bond acceptors (Lipinski definition) is 4. The van der Waals surface area contributed by atoms with Crippen molar-refractivity contribution in [2.75, 3.05) is 11.9 Å². The van der Waals surface area contributed by atoms with Gasteiger partial charge in [-0.25, -0.2) is 0 Å². The second-order valence-electron chi connectivity index (χ2n) is 8.26. The van der Waals surface area contributed by atoms with E-state index < -0.39 is 5.91 Å². The van der Waals surface area contributed by atoms with Crippen LogP contribution in [0.2, 0.25) is 0 Å². The van der Waals surface area contributed by atoms with E-state index in [9.17, 15) is 9.59 Å². The molecule has 1 heterocycles. The summed E-state index contributed by atoms with van der Waals surface area (Å²) in [6.07, 6.45) is 2.75. The van der Waals surface area contributed by atoms with Crippen LogP contribution in [-0.2, 0) is 12.8 Å². The Labute approximate surface area is 170 Å². The fourth-order valence-electron chi connectivity index (χ4n) is 3.78. The number of nitrogens with one attached hydrogen (secondary N) is 1. The Morgan fingerprint density at radius 1 is 1.29 bits per heavy atom. The van der Waals surface area contributed by atoms with Crippen LogP contribution in [0.1, 0.15) is 65.3 Å². The average Bonchev–Trinajstić information content (AvgIpc) is 2.98. The third kappa shape index (κ3) is 4.07. The van der Waals surface area contributed by atoms with Crippen LogP contribution in [0.4, 0.5) is 5.00 Å². The van der Waals surface area contributed by atoms with Crippen molar-refractivity contribution < 1.29 is 14.3 Å². The lowest BCUT2D eigenvalue weighted by molar-refractivity contribution is 0.1000. The first-order chi connectivity index (χ1) is 13.2. The number of hydrogen-bond donors (Lipinski definition) is 2. The monoisotopic (exact) mass is 400 g/mol. The molecule has 1 aromatic heterocycles. The summed E-state index contributed by atoms with van der Waals surface area (Å²) in [6.45, 7) is 9.09. The maximum atomic E-state index is 12.9. The van der Waals surface area contributed by atoms with Gasteiger partial charge in [-0.3, -0.25) is 9.59 Å². The molecule has 0 aliphatic heterocycles. The summed E-state index contributed by atoms with van der Waals surface area (Å²) in [5, 5.41) is 3.46. The van der Waals surface area contributed by atoms with Gasteiger partial charge >= 0.3 is 0 Å². The van der Waals surface area contributed by atoms with Gasteiger partial charge in [-0.1, -0.05) is 32.9 Å². The summed E-state index contributed by atoms with van der Waals surface area (Å²) < 4.78 is 5.56. The molecule has 6 heteroatoms. The minimum atomic E-state index is -0.486. The predicted octanol–water partition coefficient (Wildman–Crippen LogP) is 4.65. The van der Waals surface area contributed by atoms with E-state index in [-0.39, 0.29) is 11.3 Å². The number of carbonyl (C=O) groups is 2. The van der Waals surface area contributed by atoms with Gasteiger partial charge in [-0.2, -0.15) is 0 Å². The van der Waals surface area contributed by atoms with Gasteiger partial charge in [-0.15, -0.1) is 11.3 Å². The second kappa shape index (κ2) is 7.95. The van der Waals surface area contributed by atoms with Crippen LogP contribution in [0, 0.1) is 11.3 Å². The molecule has 2 aromatic rings. The summed E-state index contributed by atoms with van der Waals surface area (Å²) in [4.78, 5) is 26.2. The van der Waals surface area contributed by atoms with E-state index in [0.717, 1.165) is 29.7 Å². The van der Waals surface area contributed by atoms with E-state index in [1.165, 1.54) is 11.3 Å². The molecule has 1 unspecified atom stereocenters. The predicted molar refractivity (Wildman–Crippen MR) is 113 cm³/mol. The van der Waals surface area contributed by atoms with Gasteiger partial charge < -0.3 is 15.8 Å². The third-order valence-electron chi connectivity index (χ3n) is 5.40. The molecule has 1 aliphatic carbocycles. The van der Waals surface area contributed by atoms with Crippen molar-refractivity contribution in [2.24, 2.45) is 17.1 Å². The quantitative estimate of drug-likeness (QED) is 0.766. The van der Waals surface area contributed by atoms with E-state index in [1.54, 1.807) is 18.2 Å². The van der Waals surface area contributed by atoms with Crippen LogP contribution in [0.3, 0.4) is 0 Å². The van der Waals surface area contributed by atoms with E-state index >= 15 is 0 Å². The molecule has 0 spiro atoms. The van der Waals surface area contributed by atoms with Gasteiger partial charge in [0.15, 0.2) is 0 Å². The van der Waals surface area contributed by atoms with Crippen molar-refractivity contribution in [1.82, 2.24) is 0 Å². The van der Waals surface area contributed by atoms with Crippen LogP contribution in [-0.4, -0.2) is 18.4 Å². The molecule has 0 saturated carbocycles. The molecule has 0 radical (unpaired) electrons. The highest BCUT2D eigenvalue weighted by atomic mass is 32.1. The highest BCUT2D eigenvalue weighted by molar-refractivity contribution is 7.17. The van der Waals surface area contributed by atoms with E-state index in [4.69, 9.17) is 10.5 Å². The Balaban J connectivity index is 1.92. The molecule has 28 heavy (non-hydrogen) atoms. The topological polar surface area (TPSA) is 81.4 Å². The van der Waals surface area contributed by atoms with Crippen LogP contribution in [0.5, 0.6) is 5.75 Å². The zero-order valence-electron chi connectivity index (χ0n) is 16.9. The Morgan fingerprint density at radius 3 is 2.64 bits per heavy atom. The Morgan fingerprint density at radius 2 is 2.00 bits per heavy atom. The summed E-state index contributed by atoms with van der Waals surface area (Å²) in [5.74, 6) is 0.288. The first kappa shape index (κ1) is 20.4. The van der Waals surface area contributed by atoms with Crippen LogP contribution >= 0.6 is 11.3 Å². The summed E-state index contributed by atoms with van der Waals surface area (Å²) in [5.41, 5.74) is 7.81. The first-order valence-electron chi connectivity index (χ1n) is 9.69. The van der Waals surface area contributed by atoms with Crippen LogP contribution < -0.4 is 15.8 Å². The molecule has 2 amide bonds. The molecule has 1 aromatic carbocycles. The van der Waals surface area contributed by atoms with Crippen molar-refractivity contribution in [3.05, 3.63) is 45.8 Å². The maximum Gasteiger partial charge on any atom is 0.260 e. The molecule has 1 atom stereocenters. The maximum absolute atomic E-state index is 12.9. The molecular formula is C22H28N2O3S. The van der Waals surface area contributed by atoms with Crippen LogP contribution in [0.25, 0.3) is 0 Å². The molecule has 150 valence electrons. The number of carbonyl (C=O) groups excluding carboxylic acids is 2. The van der Waals surface area contributed by atoms with Gasteiger partial charge in [0.2, 0.25) is 0 Å². The number of rotatable bonds is 5. The Bertz CT molecular complexity index is 896. The van der Waals surface area contributed by atoms with E-state index in [1.807, 2.05) is 13.0 Å². The third-order valence-corrected chi connectivity index (χ3v) is 6.56. The van der Waals surface area contributed by atoms with Gasteiger partial charge in [0, 0.05) is 4.88 Å². The molecule has 3 N–H and O–H groups in total. The lowest BCUT2D eigenvalue weighted by Crippen LogP contribution is -2.27. The fourth-order valence-corrected chi connectivity index (χ4v) is 5.11. The second-order valence-corrected chi connectivity index (χ2v) is 9.37. The van der Waals surface area contributed by atoms with Crippen LogP contribution in [0.15, 0.2) is 24.3 Å². The number of para-hydroxylation sites is 1. The summed E-state index contributed by atoms with van der Waals surface area (Å²) >= 11 is 1.48. The number of nitrogens with two attached hydrogens (primary N) is 1. The Hall–Kier alpha value is -2.34. The lowest BCUT2D eigenvalue weighted by atomic mass is 9.72. The molecule has 1 aliphatic rings. The highest BCUT2D eigenvalue weighted by Crippen LogP contribution is 2.44. The normalized spacial score (nSPS) is 16.4. The molecule has 3 rings (SSSR count). The number of fused-ring (bicyclic) bond motifs is 1. The Kier molecular flexibility index (Phi) is 5.79. The minimum absolute atomic E-state index is 0.203.